The number of rotatable bonds is 7. The molecule has 0 aromatic heterocycles. The maximum absolute atomic E-state index is 12.5. The third-order valence-electron chi connectivity index (χ3n) is 4.28. The summed E-state index contributed by atoms with van der Waals surface area (Å²) in [6.07, 6.45) is -4.35. The van der Waals surface area contributed by atoms with Gasteiger partial charge in [0.2, 0.25) is 0 Å². The molecule has 1 aliphatic heterocycles. The summed E-state index contributed by atoms with van der Waals surface area (Å²) in [7, 11) is 1.57. The molecule has 0 spiro atoms. The summed E-state index contributed by atoms with van der Waals surface area (Å²) in [5.41, 5.74) is 0.715. The van der Waals surface area contributed by atoms with Gasteiger partial charge in [0.25, 0.3) is 0 Å². The average Bonchev–Trinajstić information content (AvgIpc) is 3.04. The van der Waals surface area contributed by atoms with Crippen molar-refractivity contribution in [2.45, 2.75) is 31.7 Å². The number of ether oxygens (including phenoxy) is 1. The van der Waals surface area contributed by atoms with Gasteiger partial charge in [0.15, 0.2) is 5.96 Å². The van der Waals surface area contributed by atoms with E-state index in [0.717, 1.165) is 0 Å². The number of guanidine groups is 1. The van der Waals surface area contributed by atoms with Gasteiger partial charge in [-0.25, -0.2) is 0 Å². The second kappa shape index (κ2) is 9.80. The van der Waals surface area contributed by atoms with E-state index in [-0.39, 0.29) is 12.6 Å². The van der Waals surface area contributed by atoms with Crippen LogP contribution in [-0.4, -0.2) is 68.0 Å². The quantitative estimate of drug-likeness (QED) is 0.492. The molecule has 1 fully saturated rings. The summed E-state index contributed by atoms with van der Waals surface area (Å²) in [6.45, 7) is 2.47. The van der Waals surface area contributed by atoms with Gasteiger partial charge in [0, 0.05) is 25.7 Å². The number of hydrogen-bond donors (Lipinski definition) is 3. The Balaban J connectivity index is 1.89. The van der Waals surface area contributed by atoms with Gasteiger partial charge in [0.05, 0.1) is 26.3 Å². The molecule has 0 amide bonds. The number of methoxy groups -OCH3 is 1. The highest BCUT2D eigenvalue weighted by molar-refractivity contribution is 5.80. The van der Waals surface area contributed by atoms with E-state index in [1.54, 1.807) is 31.4 Å². The van der Waals surface area contributed by atoms with Gasteiger partial charge in [-0.15, -0.1) is 0 Å². The molecule has 0 saturated carbocycles. The fourth-order valence-electron chi connectivity index (χ4n) is 2.97. The first-order chi connectivity index (χ1) is 12.8. The van der Waals surface area contributed by atoms with Gasteiger partial charge in [-0.3, -0.25) is 9.89 Å². The van der Waals surface area contributed by atoms with Crippen LogP contribution >= 0.6 is 0 Å². The molecule has 0 aliphatic carbocycles. The maximum atomic E-state index is 12.5. The third-order valence-corrected chi connectivity index (χ3v) is 4.28. The average molecular weight is 388 g/mol. The number of hydrogen-bond acceptors (Lipinski definition) is 4. The van der Waals surface area contributed by atoms with Crippen molar-refractivity contribution in [3.05, 3.63) is 29.8 Å². The van der Waals surface area contributed by atoms with Crippen molar-refractivity contribution in [2.75, 3.05) is 39.8 Å². The van der Waals surface area contributed by atoms with E-state index in [1.807, 2.05) is 6.92 Å². The van der Waals surface area contributed by atoms with Gasteiger partial charge < -0.3 is 20.5 Å². The lowest BCUT2D eigenvalue weighted by Crippen LogP contribution is -2.45. The molecular weight excluding hydrogens is 361 g/mol. The highest BCUT2D eigenvalue weighted by Gasteiger charge is 2.34. The van der Waals surface area contributed by atoms with E-state index in [4.69, 9.17) is 4.74 Å². The minimum Gasteiger partial charge on any atom is -0.497 e. The second-order valence-electron chi connectivity index (χ2n) is 6.49. The molecule has 1 saturated heterocycles. The summed E-state index contributed by atoms with van der Waals surface area (Å²) in [6, 6.07) is 6.96. The Morgan fingerprint density at radius 3 is 2.67 bits per heavy atom. The lowest BCUT2D eigenvalue weighted by molar-refractivity contribution is -0.143. The number of benzene rings is 1. The molecule has 1 aromatic carbocycles. The van der Waals surface area contributed by atoms with Crippen molar-refractivity contribution in [1.82, 2.24) is 15.5 Å². The van der Waals surface area contributed by atoms with Crippen LogP contribution in [0.4, 0.5) is 13.2 Å². The third kappa shape index (κ3) is 7.26. The van der Waals surface area contributed by atoms with Crippen LogP contribution < -0.4 is 15.4 Å². The first-order valence-electron chi connectivity index (χ1n) is 8.96. The Hall–Kier alpha value is -2.00. The van der Waals surface area contributed by atoms with Gasteiger partial charge in [-0.05, 0) is 31.0 Å². The molecule has 2 unspecified atom stereocenters. The first kappa shape index (κ1) is 21.3. The Labute approximate surface area is 157 Å². The van der Waals surface area contributed by atoms with Crippen LogP contribution in [0.3, 0.4) is 0 Å². The molecule has 2 atom stereocenters. The molecule has 2 rings (SSSR count). The van der Waals surface area contributed by atoms with Gasteiger partial charge >= 0.3 is 6.18 Å². The van der Waals surface area contributed by atoms with E-state index in [1.165, 1.54) is 4.90 Å². The van der Waals surface area contributed by atoms with Crippen LogP contribution in [0.1, 0.15) is 25.0 Å². The standard InChI is InChI=1S/C18H27F3N4O2/c1-3-22-17(24-14-8-9-25(11-14)12-18(19,20)21)23-10-16(26)13-4-6-15(27-2)7-5-13/h4-7,14,16,26H,3,8-12H2,1-2H3,(H2,22,23,24). The van der Waals surface area contributed by atoms with Crippen molar-refractivity contribution < 1.29 is 23.0 Å². The normalized spacial score (nSPS) is 19.8. The maximum Gasteiger partial charge on any atom is 0.401 e. The Bertz CT molecular complexity index is 608. The van der Waals surface area contributed by atoms with E-state index in [0.29, 0.717) is 43.3 Å². The number of alkyl halides is 3. The Morgan fingerprint density at radius 2 is 2.07 bits per heavy atom. The Morgan fingerprint density at radius 1 is 1.37 bits per heavy atom. The van der Waals surface area contributed by atoms with Gasteiger partial charge in [-0.1, -0.05) is 12.1 Å². The largest absolute Gasteiger partial charge is 0.497 e. The molecule has 0 bridgehead atoms. The van der Waals surface area contributed by atoms with E-state index in [9.17, 15) is 18.3 Å². The first-order valence-corrected chi connectivity index (χ1v) is 8.96. The number of aliphatic hydroxyl groups is 1. The fourth-order valence-corrected chi connectivity index (χ4v) is 2.97. The lowest BCUT2D eigenvalue weighted by atomic mass is 10.1. The molecule has 0 radical (unpaired) electrons. The molecule has 27 heavy (non-hydrogen) atoms. The van der Waals surface area contributed by atoms with Crippen LogP contribution in [0.25, 0.3) is 0 Å². The smallest absolute Gasteiger partial charge is 0.401 e. The van der Waals surface area contributed by atoms with Crippen LogP contribution in [-0.2, 0) is 0 Å². The number of aliphatic imine (C=N–C) groups is 1. The molecule has 1 aromatic rings. The number of halogens is 3. The molecular formula is C18H27F3N4O2. The second-order valence-corrected chi connectivity index (χ2v) is 6.49. The highest BCUT2D eigenvalue weighted by atomic mass is 19.4. The van der Waals surface area contributed by atoms with Crippen LogP contribution in [0, 0.1) is 0 Å². The zero-order valence-corrected chi connectivity index (χ0v) is 15.6. The molecule has 9 heteroatoms. The summed E-state index contributed by atoms with van der Waals surface area (Å²) in [5, 5.41) is 16.5. The highest BCUT2D eigenvalue weighted by Crippen LogP contribution is 2.20. The summed E-state index contributed by atoms with van der Waals surface area (Å²) < 4.78 is 42.6. The summed E-state index contributed by atoms with van der Waals surface area (Å²) in [5.74, 6) is 1.19. The van der Waals surface area contributed by atoms with Crippen LogP contribution in [0.5, 0.6) is 5.75 Å². The number of nitrogens with one attached hydrogen (secondary N) is 2. The summed E-state index contributed by atoms with van der Waals surface area (Å²) >= 11 is 0. The van der Waals surface area contributed by atoms with E-state index in [2.05, 4.69) is 15.6 Å². The molecule has 3 N–H and O–H groups in total. The Kier molecular flexibility index (Phi) is 7.73. The van der Waals surface area contributed by atoms with E-state index < -0.39 is 18.8 Å². The van der Waals surface area contributed by atoms with Crippen LogP contribution in [0.2, 0.25) is 0 Å². The van der Waals surface area contributed by atoms with Gasteiger partial charge in [0.1, 0.15) is 5.75 Å². The van der Waals surface area contributed by atoms with Crippen molar-refractivity contribution >= 4 is 5.96 Å². The lowest BCUT2D eigenvalue weighted by Gasteiger charge is -2.20. The predicted molar refractivity (Wildman–Crippen MR) is 98.0 cm³/mol. The fraction of sp³-hybridized carbons (Fsp3) is 0.611. The molecule has 6 nitrogen and oxygen atoms in total. The molecule has 152 valence electrons. The number of likely N-dealkylation sites (tertiary alicyclic amines) is 1. The van der Waals surface area contributed by atoms with Crippen molar-refractivity contribution in [1.29, 1.82) is 0 Å². The zero-order valence-electron chi connectivity index (χ0n) is 15.6. The predicted octanol–water partition coefficient (Wildman–Crippen LogP) is 1.92. The zero-order chi connectivity index (χ0) is 19.9. The van der Waals surface area contributed by atoms with Crippen molar-refractivity contribution in [3.8, 4) is 5.75 Å². The van der Waals surface area contributed by atoms with Gasteiger partial charge in [-0.2, -0.15) is 13.2 Å². The molecule has 1 aliphatic rings. The monoisotopic (exact) mass is 388 g/mol. The van der Waals surface area contributed by atoms with E-state index >= 15 is 0 Å². The topological polar surface area (TPSA) is 69.1 Å². The molecule has 1 heterocycles. The minimum absolute atomic E-state index is 0.108. The van der Waals surface area contributed by atoms with Crippen molar-refractivity contribution in [2.24, 2.45) is 4.99 Å². The minimum atomic E-state index is -4.18. The summed E-state index contributed by atoms with van der Waals surface area (Å²) in [4.78, 5) is 5.75. The number of nitrogens with zero attached hydrogens (tertiary/aromatic N) is 2. The number of aliphatic hydroxyl groups excluding tert-OH is 1. The van der Waals surface area contributed by atoms with Crippen molar-refractivity contribution in [3.63, 3.8) is 0 Å². The SMILES string of the molecule is CCNC(=NCC(O)c1ccc(OC)cc1)NC1CCN(CC(F)(F)F)C1. The van der Waals surface area contributed by atoms with Crippen LogP contribution in [0.15, 0.2) is 29.3 Å².